The average Bonchev–Trinajstić information content (AvgIpc) is 2.45. The first-order chi connectivity index (χ1) is 6.66. The monoisotopic (exact) mass is 251 g/mol. The zero-order valence-electron chi connectivity index (χ0n) is 7.74. The van der Waals surface area contributed by atoms with Gasteiger partial charge in [0.2, 0.25) is 5.95 Å². The Morgan fingerprint density at radius 2 is 2.21 bits per heavy atom. The molecule has 0 radical (unpaired) electrons. The summed E-state index contributed by atoms with van der Waals surface area (Å²) in [6.45, 7) is 2.05. The summed E-state index contributed by atoms with van der Waals surface area (Å²) in [5, 5.41) is 0. The van der Waals surface area contributed by atoms with Gasteiger partial charge < -0.3 is 5.73 Å². The standard InChI is InChI=1S/C10H10BrN3/c1-7-3-2-4-8(5-7)14-6-9(11)13-10(14)12/h2-6H,1H3,(H2,12,13). The molecule has 0 fully saturated rings. The van der Waals surface area contributed by atoms with Crippen molar-refractivity contribution in [3.05, 3.63) is 40.6 Å². The van der Waals surface area contributed by atoms with E-state index in [0.29, 0.717) is 5.95 Å². The molecule has 1 heterocycles. The number of benzene rings is 1. The number of nitrogens with zero attached hydrogens (tertiary/aromatic N) is 2. The van der Waals surface area contributed by atoms with Crippen LogP contribution in [0.15, 0.2) is 35.1 Å². The Morgan fingerprint density at radius 1 is 1.43 bits per heavy atom. The third-order valence-corrected chi connectivity index (χ3v) is 2.37. The number of hydrogen-bond acceptors (Lipinski definition) is 2. The summed E-state index contributed by atoms with van der Waals surface area (Å²) in [7, 11) is 0. The van der Waals surface area contributed by atoms with Crippen LogP contribution in [0.2, 0.25) is 0 Å². The normalized spacial score (nSPS) is 10.4. The van der Waals surface area contributed by atoms with Crippen molar-refractivity contribution in [3.63, 3.8) is 0 Å². The van der Waals surface area contributed by atoms with Gasteiger partial charge >= 0.3 is 0 Å². The fraction of sp³-hybridized carbons (Fsp3) is 0.100. The maximum absolute atomic E-state index is 5.75. The van der Waals surface area contributed by atoms with Crippen molar-refractivity contribution < 1.29 is 0 Å². The zero-order chi connectivity index (χ0) is 10.1. The van der Waals surface area contributed by atoms with Gasteiger partial charge in [-0.3, -0.25) is 4.57 Å². The van der Waals surface area contributed by atoms with Crippen molar-refractivity contribution in [2.24, 2.45) is 0 Å². The highest BCUT2D eigenvalue weighted by Crippen LogP contribution is 2.18. The fourth-order valence-corrected chi connectivity index (χ4v) is 1.74. The second-order valence-electron chi connectivity index (χ2n) is 3.13. The Bertz CT molecular complexity index is 462. The smallest absolute Gasteiger partial charge is 0.205 e. The van der Waals surface area contributed by atoms with Gasteiger partial charge in [0, 0.05) is 11.9 Å². The summed E-state index contributed by atoms with van der Waals surface area (Å²) in [6, 6.07) is 8.10. The molecule has 0 aliphatic carbocycles. The number of anilines is 1. The lowest BCUT2D eigenvalue weighted by molar-refractivity contribution is 1.07. The van der Waals surface area contributed by atoms with Crippen LogP contribution in [0.5, 0.6) is 0 Å². The number of halogens is 1. The van der Waals surface area contributed by atoms with Crippen LogP contribution in [0, 0.1) is 6.92 Å². The highest BCUT2D eigenvalue weighted by molar-refractivity contribution is 9.10. The summed E-state index contributed by atoms with van der Waals surface area (Å²) in [5.74, 6) is 0.488. The molecule has 2 aromatic rings. The molecule has 0 amide bonds. The summed E-state index contributed by atoms with van der Waals surface area (Å²) < 4.78 is 2.59. The van der Waals surface area contributed by atoms with Gasteiger partial charge in [0.05, 0.1) is 0 Å². The first-order valence-corrected chi connectivity index (χ1v) is 5.03. The van der Waals surface area contributed by atoms with E-state index in [2.05, 4.69) is 27.0 Å². The van der Waals surface area contributed by atoms with Gasteiger partial charge in [0.1, 0.15) is 4.60 Å². The molecule has 1 aromatic heterocycles. The van der Waals surface area contributed by atoms with Crippen LogP contribution in [0.25, 0.3) is 5.69 Å². The molecule has 4 heteroatoms. The molecular formula is C10H10BrN3. The molecule has 1 aromatic carbocycles. The molecular weight excluding hydrogens is 242 g/mol. The molecule has 0 aliphatic rings. The molecule has 2 rings (SSSR count). The van der Waals surface area contributed by atoms with Crippen LogP contribution in [-0.2, 0) is 0 Å². The summed E-state index contributed by atoms with van der Waals surface area (Å²) >= 11 is 3.29. The lowest BCUT2D eigenvalue weighted by atomic mass is 10.2. The number of nitrogen functional groups attached to an aromatic ring is 1. The maximum atomic E-state index is 5.75. The zero-order valence-corrected chi connectivity index (χ0v) is 9.32. The molecule has 0 spiro atoms. The van der Waals surface area contributed by atoms with Gasteiger partial charge in [-0.1, -0.05) is 12.1 Å². The lowest BCUT2D eigenvalue weighted by Gasteiger charge is -2.04. The SMILES string of the molecule is Cc1cccc(-n2cc(Br)nc2N)c1. The van der Waals surface area contributed by atoms with E-state index in [1.165, 1.54) is 5.56 Å². The topological polar surface area (TPSA) is 43.8 Å². The van der Waals surface area contributed by atoms with Crippen molar-refractivity contribution in [3.8, 4) is 5.69 Å². The van der Waals surface area contributed by atoms with Gasteiger partial charge in [-0.25, -0.2) is 4.98 Å². The van der Waals surface area contributed by atoms with Gasteiger partial charge in [0.25, 0.3) is 0 Å². The van der Waals surface area contributed by atoms with Gasteiger partial charge in [-0.15, -0.1) is 0 Å². The predicted octanol–water partition coefficient (Wildman–Crippen LogP) is 2.53. The molecule has 0 unspecified atom stereocenters. The molecule has 72 valence electrons. The second-order valence-corrected chi connectivity index (χ2v) is 3.94. The molecule has 0 aliphatic heterocycles. The van der Waals surface area contributed by atoms with E-state index in [1.807, 2.05) is 35.9 Å². The highest BCUT2D eigenvalue weighted by Gasteiger charge is 2.03. The van der Waals surface area contributed by atoms with E-state index in [0.717, 1.165) is 10.3 Å². The van der Waals surface area contributed by atoms with Crippen LogP contribution in [0.3, 0.4) is 0 Å². The number of aryl methyl sites for hydroxylation is 1. The first-order valence-electron chi connectivity index (χ1n) is 4.24. The maximum Gasteiger partial charge on any atom is 0.205 e. The number of imidazole rings is 1. The van der Waals surface area contributed by atoms with Crippen molar-refractivity contribution in [2.75, 3.05) is 5.73 Å². The van der Waals surface area contributed by atoms with E-state index in [9.17, 15) is 0 Å². The number of nitrogens with two attached hydrogens (primary N) is 1. The molecule has 0 saturated heterocycles. The van der Waals surface area contributed by atoms with E-state index in [-0.39, 0.29) is 0 Å². The van der Waals surface area contributed by atoms with Crippen molar-refractivity contribution in [1.29, 1.82) is 0 Å². The molecule has 0 atom stereocenters. The van der Waals surface area contributed by atoms with Crippen LogP contribution in [0.1, 0.15) is 5.56 Å². The Hall–Kier alpha value is -1.29. The molecule has 3 nitrogen and oxygen atoms in total. The Morgan fingerprint density at radius 3 is 2.79 bits per heavy atom. The minimum Gasteiger partial charge on any atom is -0.369 e. The first kappa shape index (κ1) is 9.27. The fourth-order valence-electron chi connectivity index (χ4n) is 1.35. The minimum absolute atomic E-state index is 0.488. The van der Waals surface area contributed by atoms with Crippen LogP contribution >= 0.6 is 15.9 Å². The van der Waals surface area contributed by atoms with Crippen molar-refractivity contribution in [1.82, 2.24) is 9.55 Å². The quantitative estimate of drug-likeness (QED) is 0.847. The van der Waals surface area contributed by atoms with E-state index in [1.54, 1.807) is 0 Å². The predicted molar refractivity (Wildman–Crippen MR) is 60.4 cm³/mol. The largest absolute Gasteiger partial charge is 0.369 e. The summed E-state index contributed by atoms with van der Waals surface area (Å²) in [6.07, 6.45) is 1.85. The van der Waals surface area contributed by atoms with Crippen LogP contribution < -0.4 is 5.73 Å². The number of rotatable bonds is 1. The summed E-state index contributed by atoms with van der Waals surface area (Å²) in [5.41, 5.74) is 7.97. The summed E-state index contributed by atoms with van der Waals surface area (Å²) in [4.78, 5) is 4.07. The Balaban J connectivity index is 2.54. The number of aromatic nitrogens is 2. The van der Waals surface area contributed by atoms with Crippen LogP contribution in [-0.4, -0.2) is 9.55 Å². The van der Waals surface area contributed by atoms with Crippen molar-refractivity contribution in [2.45, 2.75) is 6.92 Å². The molecule has 0 saturated carbocycles. The van der Waals surface area contributed by atoms with E-state index in [4.69, 9.17) is 5.73 Å². The van der Waals surface area contributed by atoms with Gasteiger partial charge in [-0.05, 0) is 40.5 Å². The molecule has 2 N–H and O–H groups in total. The average molecular weight is 252 g/mol. The molecule has 14 heavy (non-hydrogen) atoms. The lowest BCUT2D eigenvalue weighted by Crippen LogP contribution is -1.99. The minimum atomic E-state index is 0.488. The second kappa shape index (κ2) is 3.46. The van der Waals surface area contributed by atoms with E-state index < -0.39 is 0 Å². The van der Waals surface area contributed by atoms with Gasteiger partial charge in [0.15, 0.2) is 0 Å². The van der Waals surface area contributed by atoms with Crippen LogP contribution in [0.4, 0.5) is 5.95 Å². The Kier molecular flexibility index (Phi) is 2.29. The van der Waals surface area contributed by atoms with Gasteiger partial charge in [-0.2, -0.15) is 0 Å². The molecule has 0 bridgehead atoms. The Labute approximate surface area is 90.7 Å². The third-order valence-electron chi connectivity index (χ3n) is 1.98. The number of hydrogen-bond donors (Lipinski definition) is 1. The van der Waals surface area contributed by atoms with E-state index >= 15 is 0 Å². The third kappa shape index (κ3) is 1.65. The van der Waals surface area contributed by atoms with Crippen molar-refractivity contribution >= 4 is 21.9 Å². The highest BCUT2D eigenvalue weighted by atomic mass is 79.9.